The number of rotatable bonds is 4. The summed E-state index contributed by atoms with van der Waals surface area (Å²) in [6.45, 7) is 8.85. The summed E-state index contributed by atoms with van der Waals surface area (Å²) in [4.78, 5) is 25.6. The van der Waals surface area contributed by atoms with Crippen molar-refractivity contribution < 1.29 is 38.4 Å². The molecule has 1 aromatic heterocycles. The van der Waals surface area contributed by atoms with Crippen LogP contribution in [0.5, 0.6) is 17.2 Å². The van der Waals surface area contributed by atoms with E-state index in [0.717, 1.165) is 0 Å². The van der Waals surface area contributed by atoms with Crippen molar-refractivity contribution in [1.29, 1.82) is 0 Å². The Morgan fingerprint density at radius 2 is 1.67 bits per heavy atom. The molecule has 5 atom stereocenters. The Morgan fingerprint density at radius 3 is 2.31 bits per heavy atom. The summed E-state index contributed by atoms with van der Waals surface area (Å²) in [6, 6.07) is 6.83. The molecule has 0 radical (unpaired) electrons. The maximum absolute atomic E-state index is 13.4. The Bertz CT molecular complexity index is 1380. The van der Waals surface area contributed by atoms with Gasteiger partial charge in [0.25, 0.3) is 0 Å². The first-order valence-corrected chi connectivity index (χ1v) is 13.4. The third kappa shape index (κ3) is 3.58. The lowest BCUT2D eigenvalue weighted by atomic mass is 9.39. The van der Waals surface area contributed by atoms with Gasteiger partial charge in [0.2, 0.25) is 0 Å². The zero-order valence-corrected chi connectivity index (χ0v) is 23.7. The lowest BCUT2D eigenvalue weighted by Crippen LogP contribution is -2.83. The van der Waals surface area contributed by atoms with E-state index < -0.39 is 45.3 Å². The van der Waals surface area contributed by atoms with Crippen molar-refractivity contribution in [3.63, 3.8) is 0 Å². The van der Waals surface area contributed by atoms with Crippen molar-refractivity contribution in [2.24, 2.45) is 10.8 Å². The molecule has 0 unspecified atom stereocenters. The summed E-state index contributed by atoms with van der Waals surface area (Å²) in [7, 11) is 3.06. The van der Waals surface area contributed by atoms with E-state index in [0.29, 0.717) is 48.5 Å². The minimum absolute atomic E-state index is 0.125. The molecule has 3 aliphatic rings. The first kappa shape index (κ1) is 27.5. The number of aliphatic hydroxyl groups is 2. The third-order valence-corrected chi connectivity index (χ3v) is 10.1. The van der Waals surface area contributed by atoms with Gasteiger partial charge >= 0.3 is 11.6 Å². The molecule has 2 aromatic rings. The van der Waals surface area contributed by atoms with E-state index in [9.17, 15) is 19.8 Å². The van der Waals surface area contributed by atoms with Crippen molar-refractivity contribution in [2.45, 2.75) is 89.6 Å². The number of ether oxygens (including phenoxy) is 4. The van der Waals surface area contributed by atoms with Crippen LogP contribution in [0.2, 0.25) is 0 Å². The highest BCUT2D eigenvalue weighted by Gasteiger charge is 2.78. The van der Waals surface area contributed by atoms with Gasteiger partial charge < -0.3 is 33.6 Å². The monoisotopic (exact) mass is 542 g/mol. The number of esters is 1. The number of carbonyl (C=O) groups excluding carboxylic acids is 1. The van der Waals surface area contributed by atoms with E-state index >= 15 is 0 Å². The molecule has 5 rings (SSSR count). The normalized spacial score (nSPS) is 34.5. The molecule has 2 N–H and O–H groups in total. The van der Waals surface area contributed by atoms with Crippen molar-refractivity contribution in [2.75, 3.05) is 14.2 Å². The number of hydrogen-bond donors (Lipinski definition) is 2. The second-order valence-corrected chi connectivity index (χ2v) is 12.3. The van der Waals surface area contributed by atoms with Crippen LogP contribution in [0.15, 0.2) is 33.5 Å². The fourth-order valence-corrected chi connectivity index (χ4v) is 7.60. The topological polar surface area (TPSA) is 125 Å². The molecule has 0 amide bonds. The van der Waals surface area contributed by atoms with Crippen LogP contribution in [0.1, 0.15) is 65.9 Å². The van der Waals surface area contributed by atoms with Crippen LogP contribution < -0.4 is 19.8 Å². The molecule has 0 spiro atoms. The predicted molar refractivity (Wildman–Crippen MR) is 142 cm³/mol. The van der Waals surface area contributed by atoms with Gasteiger partial charge in [0.1, 0.15) is 28.8 Å². The number of benzene rings is 1. The maximum atomic E-state index is 13.4. The molecule has 212 valence electrons. The van der Waals surface area contributed by atoms with Gasteiger partial charge in [0, 0.05) is 25.0 Å². The minimum Gasteiger partial charge on any atom is -0.493 e. The fraction of sp³-hybridized carbons (Fsp3) is 0.600. The van der Waals surface area contributed by atoms with E-state index in [2.05, 4.69) is 0 Å². The Morgan fingerprint density at radius 1 is 0.974 bits per heavy atom. The van der Waals surface area contributed by atoms with E-state index in [1.165, 1.54) is 21.1 Å². The Labute approximate surface area is 228 Å². The Balaban J connectivity index is 1.65. The quantitative estimate of drug-likeness (QED) is 0.551. The summed E-state index contributed by atoms with van der Waals surface area (Å²) in [5, 5.41) is 25.0. The smallest absolute Gasteiger partial charge is 0.343 e. The molecule has 1 aliphatic heterocycles. The molecule has 0 bridgehead atoms. The number of hydrogen-bond acceptors (Lipinski definition) is 9. The number of carbonyl (C=O) groups is 1. The molecule has 2 fully saturated rings. The second-order valence-electron chi connectivity index (χ2n) is 12.3. The van der Waals surface area contributed by atoms with E-state index in [-0.39, 0.29) is 17.7 Å². The molecule has 1 aromatic carbocycles. The van der Waals surface area contributed by atoms with Crippen LogP contribution in [0, 0.1) is 10.8 Å². The summed E-state index contributed by atoms with van der Waals surface area (Å²) in [5.74, 6) is 1.13. The minimum atomic E-state index is -1.75. The van der Waals surface area contributed by atoms with Crippen molar-refractivity contribution in [3.8, 4) is 28.6 Å². The fourth-order valence-electron chi connectivity index (χ4n) is 7.60. The predicted octanol–water partition coefficient (Wildman–Crippen LogP) is 4.03. The average molecular weight is 543 g/mol. The average Bonchev–Trinajstić information content (AvgIpc) is 2.88. The number of methoxy groups -OCH3 is 2. The summed E-state index contributed by atoms with van der Waals surface area (Å²) < 4.78 is 28.8. The summed E-state index contributed by atoms with van der Waals surface area (Å²) >= 11 is 0. The molecule has 9 nitrogen and oxygen atoms in total. The van der Waals surface area contributed by atoms with Crippen molar-refractivity contribution in [1.82, 2.24) is 0 Å². The summed E-state index contributed by atoms with van der Waals surface area (Å²) in [5.41, 5.74) is -6.14. The molecule has 9 heteroatoms. The van der Waals surface area contributed by atoms with Crippen LogP contribution in [0.25, 0.3) is 11.3 Å². The second kappa shape index (κ2) is 8.73. The van der Waals surface area contributed by atoms with Crippen LogP contribution in [0.3, 0.4) is 0 Å². The maximum Gasteiger partial charge on any atom is 0.343 e. The van der Waals surface area contributed by atoms with Gasteiger partial charge in [-0.05, 0) is 56.2 Å². The van der Waals surface area contributed by atoms with E-state index in [4.69, 9.17) is 23.4 Å². The lowest BCUT2D eigenvalue weighted by molar-refractivity contribution is -0.352. The Hall–Kier alpha value is -3.04. The van der Waals surface area contributed by atoms with Crippen LogP contribution in [-0.2, 0) is 16.0 Å². The van der Waals surface area contributed by atoms with Gasteiger partial charge in [-0.25, -0.2) is 4.79 Å². The van der Waals surface area contributed by atoms with Crippen LogP contribution in [0.4, 0.5) is 0 Å². The molecular formula is C30H38O9. The molecule has 0 saturated heterocycles. The highest BCUT2D eigenvalue weighted by Crippen LogP contribution is 2.68. The van der Waals surface area contributed by atoms with Crippen LogP contribution >= 0.6 is 0 Å². The van der Waals surface area contributed by atoms with Gasteiger partial charge in [0.05, 0.1) is 30.8 Å². The van der Waals surface area contributed by atoms with Gasteiger partial charge in [-0.1, -0.05) is 20.8 Å². The number of fused-ring (bicyclic) bond motifs is 4. The lowest BCUT2D eigenvalue weighted by Gasteiger charge is -2.71. The zero-order valence-electron chi connectivity index (χ0n) is 23.7. The molecule has 2 saturated carbocycles. The SMILES string of the molecule is COc1ccc(-c2cc3c(c(=O)o2)C[C@@]2(O)[C@]4(C)[C@@H](OC(C)=O)CCC(C)(C)[C@@]4(O)CC[C@]2(C)O3)cc1OC. The van der Waals surface area contributed by atoms with Crippen LogP contribution in [-0.4, -0.2) is 53.3 Å². The van der Waals surface area contributed by atoms with Gasteiger partial charge in [-0.15, -0.1) is 0 Å². The largest absolute Gasteiger partial charge is 0.493 e. The van der Waals surface area contributed by atoms with Gasteiger partial charge in [-0.3, -0.25) is 4.79 Å². The van der Waals surface area contributed by atoms with Crippen molar-refractivity contribution in [3.05, 3.63) is 40.2 Å². The first-order valence-electron chi connectivity index (χ1n) is 13.4. The van der Waals surface area contributed by atoms with Gasteiger partial charge in [0.15, 0.2) is 11.5 Å². The molecular weight excluding hydrogens is 504 g/mol. The Kier molecular flexibility index (Phi) is 6.16. The van der Waals surface area contributed by atoms with Crippen molar-refractivity contribution >= 4 is 5.97 Å². The highest BCUT2D eigenvalue weighted by molar-refractivity contribution is 5.66. The van der Waals surface area contributed by atoms with E-state index in [1.54, 1.807) is 38.1 Å². The highest BCUT2D eigenvalue weighted by atomic mass is 16.6. The first-order chi connectivity index (χ1) is 18.2. The molecule has 39 heavy (non-hydrogen) atoms. The van der Waals surface area contributed by atoms with Gasteiger partial charge in [-0.2, -0.15) is 0 Å². The molecule has 2 aliphatic carbocycles. The van der Waals surface area contributed by atoms with E-state index in [1.807, 2.05) is 13.8 Å². The zero-order chi connectivity index (χ0) is 28.6. The molecule has 2 heterocycles. The standard InChI is InChI=1S/C30H38O9/c1-17(31)37-24-10-11-26(2,3)29(33)13-12-27(4)30(34,28(24,29)5)16-19-22(39-27)15-21(38-25(19)32)18-8-9-20(35-6)23(14-18)36-7/h8-9,14-15,24,33-34H,10-13,16H2,1-7H3/t24-,27-,28+,29-,30-/m0/s1. The summed E-state index contributed by atoms with van der Waals surface area (Å²) in [6.07, 6.45) is 0.825. The third-order valence-electron chi connectivity index (χ3n) is 10.1.